The summed E-state index contributed by atoms with van der Waals surface area (Å²) in [6.45, 7) is 0. The first kappa shape index (κ1) is 9.78. The lowest BCUT2D eigenvalue weighted by Crippen LogP contribution is -1.90. The molecule has 0 spiro atoms. The highest BCUT2D eigenvalue weighted by molar-refractivity contribution is 5.81. The summed E-state index contributed by atoms with van der Waals surface area (Å²) in [6.07, 6.45) is 2.02. The van der Waals surface area contributed by atoms with Crippen LogP contribution in [0.4, 0.5) is 5.69 Å². The van der Waals surface area contributed by atoms with E-state index >= 15 is 0 Å². The van der Waals surface area contributed by atoms with E-state index in [-0.39, 0.29) is 0 Å². The van der Waals surface area contributed by atoms with Crippen molar-refractivity contribution < 1.29 is 0 Å². The molecule has 0 unspecified atom stereocenters. The number of nitroso groups, excluding NO2 is 1. The van der Waals surface area contributed by atoms with E-state index in [1.54, 1.807) is 12.1 Å². The van der Waals surface area contributed by atoms with E-state index in [1.165, 1.54) is 5.39 Å². The standard InChI is InChI=1S/C14H10N2O/c17-15-12-5-7-13(8-6-12)16-10-9-11-3-1-2-4-14(11)16/h1-10H. The van der Waals surface area contributed by atoms with Crippen molar-refractivity contribution in [1.82, 2.24) is 4.57 Å². The molecule has 0 aliphatic carbocycles. The van der Waals surface area contributed by atoms with E-state index < -0.39 is 0 Å². The van der Waals surface area contributed by atoms with Gasteiger partial charge in [0.25, 0.3) is 0 Å². The Bertz CT molecular complexity index is 668. The highest BCUT2D eigenvalue weighted by atomic mass is 16.3. The molecule has 82 valence electrons. The molecule has 0 fully saturated rings. The number of aromatic nitrogens is 1. The molecule has 0 saturated heterocycles. The topological polar surface area (TPSA) is 34.4 Å². The van der Waals surface area contributed by atoms with Crippen LogP contribution in [0.15, 0.2) is 66.0 Å². The molecule has 3 nitrogen and oxygen atoms in total. The summed E-state index contributed by atoms with van der Waals surface area (Å²) in [4.78, 5) is 10.4. The fourth-order valence-electron chi connectivity index (χ4n) is 1.98. The molecule has 0 saturated carbocycles. The van der Waals surface area contributed by atoms with Crippen LogP contribution in [0.5, 0.6) is 0 Å². The number of para-hydroxylation sites is 1. The molecule has 1 aromatic heterocycles. The van der Waals surface area contributed by atoms with Crippen molar-refractivity contribution in [2.45, 2.75) is 0 Å². The van der Waals surface area contributed by atoms with Gasteiger partial charge in [-0.3, -0.25) is 0 Å². The predicted octanol–water partition coefficient (Wildman–Crippen LogP) is 4.03. The average molecular weight is 222 g/mol. The number of benzene rings is 2. The Hall–Kier alpha value is -2.42. The number of fused-ring (bicyclic) bond motifs is 1. The fourth-order valence-corrected chi connectivity index (χ4v) is 1.98. The minimum atomic E-state index is 0.449. The zero-order valence-electron chi connectivity index (χ0n) is 9.08. The Balaban J connectivity index is 2.16. The second-order valence-electron chi connectivity index (χ2n) is 3.85. The molecule has 3 aromatic rings. The van der Waals surface area contributed by atoms with Crippen molar-refractivity contribution >= 4 is 16.6 Å². The molecule has 1 heterocycles. The quantitative estimate of drug-likeness (QED) is 0.603. The molecule has 2 aromatic carbocycles. The zero-order valence-corrected chi connectivity index (χ0v) is 9.08. The maximum Gasteiger partial charge on any atom is 0.108 e. The third-order valence-corrected chi connectivity index (χ3v) is 2.83. The predicted molar refractivity (Wildman–Crippen MR) is 68.7 cm³/mol. The van der Waals surface area contributed by atoms with E-state index in [0.29, 0.717) is 5.69 Å². The van der Waals surface area contributed by atoms with Crippen LogP contribution >= 0.6 is 0 Å². The SMILES string of the molecule is O=Nc1ccc(-n2ccc3ccccc32)cc1. The van der Waals surface area contributed by atoms with Gasteiger partial charge in [-0.15, -0.1) is 4.91 Å². The minimum absolute atomic E-state index is 0.449. The third kappa shape index (κ3) is 1.61. The molecule has 0 amide bonds. The van der Waals surface area contributed by atoms with E-state index in [1.807, 2.05) is 30.5 Å². The molecule has 0 aliphatic heterocycles. The Kier molecular flexibility index (Phi) is 2.22. The maximum absolute atomic E-state index is 10.4. The van der Waals surface area contributed by atoms with E-state index in [4.69, 9.17) is 0 Å². The minimum Gasteiger partial charge on any atom is -0.317 e. The smallest absolute Gasteiger partial charge is 0.108 e. The molecule has 0 aliphatic rings. The first-order chi connectivity index (χ1) is 8.38. The first-order valence-electron chi connectivity index (χ1n) is 5.38. The number of hydrogen-bond donors (Lipinski definition) is 0. The molecule has 0 atom stereocenters. The van der Waals surface area contributed by atoms with Crippen molar-refractivity contribution in [2.75, 3.05) is 0 Å². The lowest BCUT2D eigenvalue weighted by molar-refractivity contribution is 1.13. The van der Waals surface area contributed by atoms with Gasteiger partial charge in [0.15, 0.2) is 0 Å². The second kappa shape index (κ2) is 3.87. The summed E-state index contributed by atoms with van der Waals surface area (Å²) in [5, 5.41) is 4.10. The molecule has 0 bridgehead atoms. The highest BCUT2D eigenvalue weighted by Gasteiger charge is 2.02. The van der Waals surface area contributed by atoms with Crippen molar-refractivity contribution in [3.63, 3.8) is 0 Å². The van der Waals surface area contributed by atoms with E-state index in [9.17, 15) is 4.91 Å². The number of nitrogens with zero attached hydrogens (tertiary/aromatic N) is 2. The van der Waals surface area contributed by atoms with Crippen LogP contribution in [0, 0.1) is 4.91 Å². The molecule has 0 N–H and O–H groups in total. The van der Waals surface area contributed by atoms with Gasteiger partial charge in [-0.2, -0.15) is 0 Å². The molecular formula is C14H10N2O. The van der Waals surface area contributed by atoms with Crippen LogP contribution in [-0.4, -0.2) is 4.57 Å². The van der Waals surface area contributed by atoms with Gasteiger partial charge in [-0.25, -0.2) is 0 Å². The lowest BCUT2D eigenvalue weighted by atomic mass is 10.2. The van der Waals surface area contributed by atoms with Crippen LogP contribution in [0.25, 0.3) is 16.6 Å². The Morgan fingerprint density at radius 1 is 0.882 bits per heavy atom. The maximum atomic E-state index is 10.4. The summed E-state index contributed by atoms with van der Waals surface area (Å²) in [6, 6.07) is 17.5. The van der Waals surface area contributed by atoms with Crippen LogP contribution in [-0.2, 0) is 0 Å². The van der Waals surface area contributed by atoms with Gasteiger partial charge in [-0.05, 0) is 47.0 Å². The van der Waals surface area contributed by atoms with Crippen molar-refractivity contribution in [1.29, 1.82) is 0 Å². The average Bonchev–Trinajstić information content (AvgIpc) is 2.83. The van der Waals surface area contributed by atoms with Crippen LogP contribution in [0.2, 0.25) is 0 Å². The molecule has 3 heteroatoms. The van der Waals surface area contributed by atoms with Gasteiger partial charge >= 0.3 is 0 Å². The molecular weight excluding hydrogens is 212 g/mol. The molecule has 17 heavy (non-hydrogen) atoms. The summed E-state index contributed by atoms with van der Waals surface area (Å²) in [5.74, 6) is 0. The van der Waals surface area contributed by atoms with E-state index in [2.05, 4.69) is 27.9 Å². The van der Waals surface area contributed by atoms with Gasteiger partial charge in [0.05, 0.1) is 5.52 Å². The van der Waals surface area contributed by atoms with Crippen molar-refractivity contribution in [3.8, 4) is 5.69 Å². The third-order valence-electron chi connectivity index (χ3n) is 2.83. The van der Waals surface area contributed by atoms with E-state index in [0.717, 1.165) is 11.2 Å². The first-order valence-corrected chi connectivity index (χ1v) is 5.38. The van der Waals surface area contributed by atoms with Crippen molar-refractivity contribution in [3.05, 3.63) is 65.7 Å². The Morgan fingerprint density at radius 2 is 1.65 bits per heavy atom. The van der Waals surface area contributed by atoms with Crippen LogP contribution in [0.3, 0.4) is 0 Å². The highest BCUT2D eigenvalue weighted by Crippen LogP contribution is 2.21. The monoisotopic (exact) mass is 222 g/mol. The summed E-state index contributed by atoms with van der Waals surface area (Å²) >= 11 is 0. The Labute approximate surface area is 98.3 Å². The normalized spacial score (nSPS) is 10.6. The van der Waals surface area contributed by atoms with Crippen LogP contribution < -0.4 is 0 Å². The van der Waals surface area contributed by atoms with Gasteiger partial charge < -0.3 is 4.57 Å². The fraction of sp³-hybridized carbons (Fsp3) is 0. The Morgan fingerprint density at radius 3 is 2.41 bits per heavy atom. The van der Waals surface area contributed by atoms with Gasteiger partial charge in [0.1, 0.15) is 5.69 Å². The largest absolute Gasteiger partial charge is 0.317 e. The number of rotatable bonds is 2. The summed E-state index contributed by atoms with van der Waals surface area (Å²) in [7, 11) is 0. The van der Waals surface area contributed by atoms with Gasteiger partial charge in [0.2, 0.25) is 0 Å². The summed E-state index contributed by atoms with van der Waals surface area (Å²) < 4.78 is 2.09. The molecule has 0 radical (unpaired) electrons. The number of hydrogen-bond acceptors (Lipinski definition) is 2. The van der Waals surface area contributed by atoms with Gasteiger partial charge in [-0.1, -0.05) is 18.2 Å². The van der Waals surface area contributed by atoms with Gasteiger partial charge in [0, 0.05) is 11.9 Å². The van der Waals surface area contributed by atoms with Crippen LogP contribution in [0.1, 0.15) is 0 Å². The van der Waals surface area contributed by atoms with Crippen molar-refractivity contribution in [2.24, 2.45) is 5.18 Å². The zero-order chi connectivity index (χ0) is 11.7. The molecule has 3 rings (SSSR count). The lowest BCUT2D eigenvalue weighted by Gasteiger charge is -2.04. The second-order valence-corrected chi connectivity index (χ2v) is 3.85. The summed E-state index contributed by atoms with van der Waals surface area (Å²) in [5.41, 5.74) is 2.63.